The standard InChI is InChI=1S/C14H24N2O7/c1-5-4-6(17)14(20)13(21-5)22-12-10(19)7(15-2)9(18)8(16-3)11(12)23-14/h5,7-13,15-16,18-20H,4H2,1-3H3/t5-,7+,8-,9-,10-,11-,12+,13+,14+/m0/s1. The van der Waals surface area contributed by atoms with E-state index in [1.807, 2.05) is 0 Å². The van der Waals surface area contributed by atoms with Crippen molar-refractivity contribution < 1.29 is 34.3 Å². The van der Waals surface area contributed by atoms with E-state index in [2.05, 4.69) is 10.6 Å². The van der Waals surface area contributed by atoms with E-state index in [1.54, 1.807) is 21.0 Å². The number of ketones is 1. The summed E-state index contributed by atoms with van der Waals surface area (Å²) in [6, 6.07) is -1.29. The van der Waals surface area contributed by atoms with Gasteiger partial charge < -0.3 is 40.2 Å². The van der Waals surface area contributed by atoms with Gasteiger partial charge in [-0.1, -0.05) is 0 Å². The van der Waals surface area contributed by atoms with E-state index in [1.165, 1.54) is 0 Å². The molecule has 0 aromatic heterocycles. The molecule has 0 spiro atoms. The largest absolute Gasteiger partial charge is 0.390 e. The fourth-order valence-electron chi connectivity index (χ4n) is 3.68. The predicted octanol–water partition coefficient (Wildman–Crippen LogP) is -2.93. The van der Waals surface area contributed by atoms with E-state index in [0.29, 0.717) is 0 Å². The fraction of sp³-hybridized carbons (Fsp3) is 0.929. The number of rotatable bonds is 2. The van der Waals surface area contributed by atoms with Gasteiger partial charge in [0.1, 0.15) is 18.3 Å². The smallest absolute Gasteiger partial charge is 0.280 e. The van der Waals surface area contributed by atoms with Gasteiger partial charge in [-0.05, 0) is 21.0 Å². The minimum absolute atomic E-state index is 0.00220. The molecule has 5 N–H and O–H groups in total. The van der Waals surface area contributed by atoms with E-state index >= 15 is 0 Å². The molecule has 2 aliphatic heterocycles. The lowest BCUT2D eigenvalue weighted by Crippen LogP contribution is -2.77. The number of Topliss-reactive ketones (excluding diaryl/α,β-unsaturated/α-hetero) is 1. The minimum atomic E-state index is -2.23. The molecule has 132 valence electrons. The number of aliphatic hydroxyl groups is 3. The average Bonchev–Trinajstić information content (AvgIpc) is 2.49. The quantitative estimate of drug-likeness (QED) is 0.361. The normalized spacial score (nSPS) is 53.6. The van der Waals surface area contributed by atoms with Gasteiger partial charge in [-0.3, -0.25) is 4.79 Å². The zero-order valence-electron chi connectivity index (χ0n) is 13.3. The Balaban J connectivity index is 1.92. The molecule has 2 saturated heterocycles. The Morgan fingerprint density at radius 1 is 1.09 bits per heavy atom. The molecule has 0 radical (unpaired) electrons. The van der Waals surface area contributed by atoms with E-state index in [9.17, 15) is 20.1 Å². The molecule has 23 heavy (non-hydrogen) atoms. The average molecular weight is 332 g/mol. The third kappa shape index (κ3) is 2.52. The highest BCUT2D eigenvalue weighted by atomic mass is 16.8. The molecular weight excluding hydrogens is 308 g/mol. The molecule has 1 aliphatic carbocycles. The van der Waals surface area contributed by atoms with Crippen molar-refractivity contribution in [1.29, 1.82) is 0 Å². The topological polar surface area (TPSA) is 130 Å². The Morgan fingerprint density at radius 3 is 2.35 bits per heavy atom. The zero-order valence-corrected chi connectivity index (χ0v) is 13.3. The van der Waals surface area contributed by atoms with E-state index in [-0.39, 0.29) is 6.42 Å². The van der Waals surface area contributed by atoms with Crippen LogP contribution in [-0.4, -0.2) is 89.9 Å². The van der Waals surface area contributed by atoms with Crippen LogP contribution in [0.5, 0.6) is 0 Å². The van der Waals surface area contributed by atoms with Crippen LogP contribution in [0.4, 0.5) is 0 Å². The van der Waals surface area contributed by atoms with E-state index in [0.717, 1.165) is 0 Å². The Kier molecular flexibility index (Phi) is 4.49. The maximum atomic E-state index is 12.2. The van der Waals surface area contributed by atoms with Crippen LogP contribution >= 0.6 is 0 Å². The second-order valence-corrected chi connectivity index (χ2v) is 6.40. The maximum absolute atomic E-state index is 12.2. The van der Waals surface area contributed by atoms with Crippen LogP contribution in [0.2, 0.25) is 0 Å². The van der Waals surface area contributed by atoms with Crippen molar-refractivity contribution in [2.75, 3.05) is 14.1 Å². The third-order valence-electron chi connectivity index (χ3n) is 4.93. The van der Waals surface area contributed by atoms with Crippen LogP contribution < -0.4 is 10.6 Å². The molecular formula is C14H24N2O7. The molecule has 0 aromatic carbocycles. The Hall–Kier alpha value is -0.650. The first-order valence-corrected chi connectivity index (χ1v) is 7.78. The van der Waals surface area contributed by atoms with Gasteiger partial charge in [0.15, 0.2) is 5.78 Å². The lowest BCUT2D eigenvalue weighted by atomic mass is 9.80. The van der Waals surface area contributed by atoms with Gasteiger partial charge in [0.05, 0.1) is 24.3 Å². The predicted molar refractivity (Wildman–Crippen MR) is 76.4 cm³/mol. The summed E-state index contributed by atoms with van der Waals surface area (Å²) in [4.78, 5) is 12.2. The van der Waals surface area contributed by atoms with Gasteiger partial charge in [-0.2, -0.15) is 0 Å². The maximum Gasteiger partial charge on any atom is 0.280 e. The summed E-state index contributed by atoms with van der Waals surface area (Å²) in [6.07, 6.45) is -5.58. The van der Waals surface area contributed by atoms with Crippen molar-refractivity contribution in [3.8, 4) is 0 Å². The fourth-order valence-corrected chi connectivity index (χ4v) is 3.68. The van der Waals surface area contributed by atoms with Crippen molar-refractivity contribution in [2.45, 2.75) is 68.0 Å². The molecule has 3 rings (SSSR count). The molecule has 3 fully saturated rings. The number of nitrogens with one attached hydrogen (secondary N) is 2. The van der Waals surface area contributed by atoms with Gasteiger partial charge in [-0.15, -0.1) is 0 Å². The van der Waals surface area contributed by atoms with Gasteiger partial charge in [0.2, 0.25) is 6.29 Å². The van der Waals surface area contributed by atoms with Gasteiger partial charge in [-0.25, -0.2) is 0 Å². The molecule has 9 nitrogen and oxygen atoms in total. The highest BCUT2D eigenvalue weighted by molar-refractivity contribution is 5.87. The van der Waals surface area contributed by atoms with E-state index < -0.39 is 60.5 Å². The van der Waals surface area contributed by atoms with Crippen LogP contribution in [-0.2, 0) is 19.0 Å². The molecule has 0 amide bonds. The summed E-state index contributed by atoms with van der Waals surface area (Å²) in [5.74, 6) is -2.76. The molecule has 0 unspecified atom stereocenters. The van der Waals surface area contributed by atoms with Crippen LogP contribution in [0.1, 0.15) is 13.3 Å². The van der Waals surface area contributed by atoms with Crippen LogP contribution in [0.3, 0.4) is 0 Å². The van der Waals surface area contributed by atoms with Crippen molar-refractivity contribution in [1.82, 2.24) is 10.6 Å². The van der Waals surface area contributed by atoms with E-state index in [4.69, 9.17) is 14.2 Å². The molecule has 2 heterocycles. The van der Waals surface area contributed by atoms with Gasteiger partial charge >= 0.3 is 0 Å². The summed E-state index contributed by atoms with van der Waals surface area (Å²) in [6.45, 7) is 1.70. The second-order valence-electron chi connectivity index (χ2n) is 6.40. The molecule has 0 bridgehead atoms. The number of hydrogen-bond donors (Lipinski definition) is 5. The summed E-state index contributed by atoms with van der Waals surface area (Å²) in [5.41, 5.74) is 0. The van der Waals surface area contributed by atoms with Crippen LogP contribution in [0, 0.1) is 0 Å². The third-order valence-corrected chi connectivity index (χ3v) is 4.93. The van der Waals surface area contributed by atoms with Crippen molar-refractivity contribution in [2.24, 2.45) is 0 Å². The summed E-state index contributed by atoms with van der Waals surface area (Å²) >= 11 is 0. The summed E-state index contributed by atoms with van der Waals surface area (Å²) < 4.78 is 16.8. The Bertz CT molecular complexity index is 478. The first kappa shape index (κ1) is 17.2. The molecule has 9 heteroatoms. The molecule has 1 saturated carbocycles. The summed E-state index contributed by atoms with van der Waals surface area (Å²) in [7, 11) is 3.24. The molecule has 0 aromatic rings. The number of carbonyl (C=O) groups is 1. The van der Waals surface area contributed by atoms with Crippen LogP contribution in [0.15, 0.2) is 0 Å². The minimum Gasteiger partial charge on any atom is -0.390 e. The number of fused-ring (bicyclic) bond motifs is 2. The highest BCUT2D eigenvalue weighted by Crippen LogP contribution is 2.40. The van der Waals surface area contributed by atoms with Crippen molar-refractivity contribution >= 4 is 5.78 Å². The SMILES string of the molecule is CN[C@@H]1[C@H](O)[C@H](NC)[C@@H]2O[C@]3(O)C(=O)C[C@H](C)O[C@@H]3O[C@@H]2[C@H]1O. The lowest BCUT2D eigenvalue weighted by Gasteiger charge is -2.55. The first-order valence-electron chi connectivity index (χ1n) is 7.78. The number of carbonyl (C=O) groups excluding carboxylic acids is 1. The van der Waals surface area contributed by atoms with Crippen molar-refractivity contribution in [3.05, 3.63) is 0 Å². The second kappa shape index (κ2) is 6.01. The van der Waals surface area contributed by atoms with Gasteiger partial charge in [0.25, 0.3) is 5.79 Å². The molecule has 3 aliphatic rings. The number of likely N-dealkylation sites (N-methyl/N-ethyl adjacent to an activating group) is 2. The Labute approximate surface area is 133 Å². The van der Waals surface area contributed by atoms with Crippen LogP contribution in [0.25, 0.3) is 0 Å². The number of hydrogen-bond acceptors (Lipinski definition) is 9. The first-order chi connectivity index (χ1) is 10.8. The Morgan fingerprint density at radius 2 is 1.74 bits per heavy atom. The van der Waals surface area contributed by atoms with Crippen molar-refractivity contribution in [3.63, 3.8) is 0 Å². The van der Waals surface area contributed by atoms with Gasteiger partial charge in [0, 0.05) is 6.42 Å². The zero-order chi connectivity index (χ0) is 16.9. The monoisotopic (exact) mass is 332 g/mol. The lowest BCUT2D eigenvalue weighted by molar-refractivity contribution is -0.420. The highest BCUT2D eigenvalue weighted by Gasteiger charge is 2.63. The number of aliphatic hydroxyl groups excluding tert-OH is 2. The number of ether oxygens (including phenoxy) is 3. The summed E-state index contributed by atoms with van der Waals surface area (Å²) in [5, 5.41) is 37.2. The molecule has 9 atom stereocenters.